The fourth-order valence-corrected chi connectivity index (χ4v) is 3.72. The number of carbonyl (C=O) groups excluding carboxylic acids is 1. The second kappa shape index (κ2) is 6.15. The number of ether oxygens (including phenoxy) is 1. The van der Waals surface area contributed by atoms with E-state index in [1.807, 2.05) is 48.2 Å². The van der Waals surface area contributed by atoms with E-state index in [1.165, 1.54) is 0 Å². The highest BCUT2D eigenvalue weighted by Crippen LogP contribution is 2.40. The van der Waals surface area contributed by atoms with Crippen LogP contribution in [0.5, 0.6) is 0 Å². The summed E-state index contributed by atoms with van der Waals surface area (Å²) < 4.78 is 10.8. The van der Waals surface area contributed by atoms with E-state index in [-0.39, 0.29) is 18.2 Å². The first kappa shape index (κ1) is 15.0. The Bertz CT molecular complexity index is 766. The van der Waals surface area contributed by atoms with Crippen molar-refractivity contribution in [2.24, 2.45) is 0 Å². The van der Waals surface area contributed by atoms with Gasteiger partial charge in [-0.15, -0.1) is 0 Å². The molecule has 1 aromatic heterocycles. The Kier molecular flexibility index (Phi) is 3.84. The maximum Gasteiger partial charge on any atom is 0.410 e. The van der Waals surface area contributed by atoms with Crippen LogP contribution in [0.4, 0.5) is 4.79 Å². The zero-order valence-electron chi connectivity index (χ0n) is 13.6. The van der Waals surface area contributed by atoms with Crippen molar-refractivity contribution in [2.75, 3.05) is 6.61 Å². The molecule has 0 spiro atoms. The Balaban J connectivity index is 1.62. The van der Waals surface area contributed by atoms with Crippen LogP contribution in [0.25, 0.3) is 16.9 Å². The van der Waals surface area contributed by atoms with Crippen molar-refractivity contribution < 1.29 is 14.1 Å². The van der Waals surface area contributed by atoms with Gasteiger partial charge in [0.2, 0.25) is 0 Å². The minimum atomic E-state index is -0.220. The van der Waals surface area contributed by atoms with Gasteiger partial charge in [0.25, 0.3) is 0 Å². The van der Waals surface area contributed by atoms with Gasteiger partial charge < -0.3 is 9.26 Å². The molecule has 1 fully saturated rings. The molecular weight excluding hydrogens is 304 g/mol. The molecule has 0 aliphatic carbocycles. The smallest absolute Gasteiger partial charge is 0.410 e. The Labute approximate surface area is 140 Å². The van der Waals surface area contributed by atoms with E-state index in [2.05, 4.69) is 11.2 Å². The van der Waals surface area contributed by atoms with E-state index in [9.17, 15) is 4.79 Å². The average molecular weight is 324 g/mol. The maximum absolute atomic E-state index is 12.3. The number of aromatic nitrogens is 1. The quantitative estimate of drug-likeness (QED) is 0.852. The average Bonchev–Trinajstić information content (AvgIpc) is 3.21. The Morgan fingerprint density at radius 3 is 2.96 bits per heavy atom. The molecule has 1 aromatic carbocycles. The summed E-state index contributed by atoms with van der Waals surface area (Å²) in [5.41, 5.74) is 2.88. The van der Waals surface area contributed by atoms with Crippen LogP contribution in [0.2, 0.25) is 0 Å². The summed E-state index contributed by atoms with van der Waals surface area (Å²) in [6, 6.07) is 12.2. The molecular formula is C19H20N2O3. The first-order valence-electron chi connectivity index (χ1n) is 8.45. The van der Waals surface area contributed by atoms with Crippen molar-refractivity contribution in [1.82, 2.24) is 10.1 Å². The standard InChI is InChI=1S/C19H20N2O3/c1-2-23-19(22)21-14-8-10-15(17(21)11-9-14)16-12-18(24-20-16)13-6-4-3-5-7-13/h3-7,10,12,14,17H,2,8-9,11H2,1H3. The maximum atomic E-state index is 12.3. The van der Waals surface area contributed by atoms with Crippen LogP contribution in [-0.4, -0.2) is 34.8 Å². The van der Waals surface area contributed by atoms with Gasteiger partial charge in [-0.1, -0.05) is 41.6 Å². The topological polar surface area (TPSA) is 55.6 Å². The highest BCUT2D eigenvalue weighted by molar-refractivity contribution is 5.78. The molecule has 124 valence electrons. The third-order valence-corrected chi connectivity index (χ3v) is 4.81. The highest BCUT2D eigenvalue weighted by Gasteiger charge is 2.43. The van der Waals surface area contributed by atoms with Crippen LogP contribution in [0.1, 0.15) is 31.9 Å². The zero-order valence-corrected chi connectivity index (χ0v) is 13.6. The van der Waals surface area contributed by atoms with Crippen molar-refractivity contribution in [3.05, 3.63) is 48.2 Å². The summed E-state index contributed by atoms with van der Waals surface area (Å²) in [7, 11) is 0. The number of carbonyl (C=O) groups is 1. The lowest BCUT2D eigenvalue weighted by molar-refractivity contribution is 0.0940. The lowest BCUT2D eigenvalue weighted by Crippen LogP contribution is -2.44. The monoisotopic (exact) mass is 324 g/mol. The predicted octanol–water partition coefficient (Wildman–Crippen LogP) is 4.12. The molecule has 0 radical (unpaired) electrons. The van der Waals surface area contributed by atoms with E-state index >= 15 is 0 Å². The van der Waals surface area contributed by atoms with Gasteiger partial charge in [-0.3, -0.25) is 4.90 Å². The molecule has 4 rings (SSSR count). The molecule has 2 unspecified atom stereocenters. The van der Waals surface area contributed by atoms with Gasteiger partial charge in [-0.05, 0) is 26.2 Å². The Morgan fingerprint density at radius 2 is 2.17 bits per heavy atom. The van der Waals surface area contributed by atoms with E-state index in [1.54, 1.807) is 0 Å². The molecule has 0 saturated carbocycles. The molecule has 1 saturated heterocycles. The SMILES string of the molecule is CCOC(=O)N1C2CC=C(c3cc(-c4ccccc4)on3)C1CC2. The molecule has 0 N–H and O–H groups in total. The van der Waals surface area contributed by atoms with Crippen LogP contribution in [0.3, 0.4) is 0 Å². The van der Waals surface area contributed by atoms with E-state index in [4.69, 9.17) is 9.26 Å². The second-order valence-electron chi connectivity index (χ2n) is 6.19. The third-order valence-electron chi connectivity index (χ3n) is 4.81. The number of fused-ring (bicyclic) bond motifs is 2. The fourth-order valence-electron chi connectivity index (χ4n) is 3.72. The molecule has 2 bridgehead atoms. The summed E-state index contributed by atoms with van der Waals surface area (Å²) >= 11 is 0. The van der Waals surface area contributed by atoms with Gasteiger partial charge in [-0.2, -0.15) is 0 Å². The van der Waals surface area contributed by atoms with Crippen molar-refractivity contribution in [2.45, 2.75) is 38.3 Å². The molecule has 3 heterocycles. The summed E-state index contributed by atoms with van der Waals surface area (Å²) in [5.74, 6) is 0.745. The lowest BCUT2D eigenvalue weighted by atomic mass is 9.98. The first-order chi connectivity index (χ1) is 11.8. The lowest BCUT2D eigenvalue weighted by Gasteiger charge is -2.33. The molecule has 2 aliphatic heterocycles. The van der Waals surface area contributed by atoms with Crippen molar-refractivity contribution >= 4 is 11.7 Å². The third kappa shape index (κ3) is 2.50. The molecule has 5 nitrogen and oxygen atoms in total. The molecule has 1 amide bonds. The molecule has 2 aliphatic rings. The molecule has 2 aromatic rings. The van der Waals surface area contributed by atoms with E-state index in [0.717, 1.165) is 41.9 Å². The highest BCUT2D eigenvalue weighted by atomic mass is 16.6. The Morgan fingerprint density at radius 1 is 1.33 bits per heavy atom. The van der Waals surface area contributed by atoms with E-state index in [0.29, 0.717) is 6.61 Å². The fraction of sp³-hybridized carbons (Fsp3) is 0.368. The van der Waals surface area contributed by atoms with E-state index < -0.39 is 0 Å². The summed E-state index contributed by atoms with van der Waals surface area (Å²) in [4.78, 5) is 14.2. The van der Waals surface area contributed by atoms with Gasteiger partial charge in [-0.25, -0.2) is 4.79 Å². The predicted molar refractivity (Wildman–Crippen MR) is 90.2 cm³/mol. The number of hydrogen-bond acceptors (Lipinski definition) is 4. The van der Waals surface area contributed by atoms with Crippen molar-refractivity contribution in [1.29, 1.82) is 0 Å². The zero-order chi connectivity index (χ0) is 16.5. The molecule has 24 heavy (non-hydrogen) atoms. The normalized spacial score (nSPS) is 22.4. The van der Waals surface area contributed by atoms with Crippen LogP contribution in [0, 0.1) is 0 Å². The number of benzene rings is 1. The minimum Gasteiger partial charge on any atom is -0.450 e. The summed E-state index contributed by atoms with van der Waals surface area (Å²) in [5, 5.41) is 4.25. The van der Waals surface area contributed by atoms with Crippen LogP contribution in [-0.2, 0) is 4.74 Å². The van der Waals surface area contributed by atoms with Gasteiger partial charge in [0.05, 0.1) is 12.6 Å². The number of amides is 1. The minimum absolute atomic E-state index is 0.0384. The first-order valence-corrected chi connectivity index (χ1v) is 8.45. The van der Waals surface area contributed by atoms with Crippen molar-refractivity contribution in [3.63, 3.8) is 0 Å². The largest absolute Gasteiger partial charge is 0.450 e. The Hall–Kier alpha value is -2.56. The van der Waals surface area contributed by atoms with Crippen LogP contribution < -0.4 is 0 Å². The second-order valence-corrected chi connectivity index (χ2v) is 6.19. The molecule has 5 heteroatoms. The van der Waals surface area contributed by atoms with Crippen LogP contribution in [0.15, 0.2) is 47.0 Å². The molecule has 2 atom stereocenters. The number of rotatable bonds is 3. The van der Waals surface area contributed by atoms with Gasteiger partial charge in [0.1, 0.15) is 5.69 Å². The summed E-state index contributed by atoms with van der Waals surface area (Å²) in [6.45, 7) is 2.24. The number of nitrogens with zero attached hydrogens (tertiary/aromatic N) is 2. The van der Waals surface area contributed by atoms with Crippen molar-refractivity contribution in [3.8, 4) is 11.3 Å². The van der Waals surface area contributed by atoms with Gasteiger partial charge in [0.15, 0.2) is 5.76 Å². The van der Waals surface area contributed by atoms with Gasteiger partial charge >= 0.3 is 6.09 Å². The van der Waals surface area contributed by atoms with Crippen LogP contribution >= 0.6 is 0 Å². The number of hydrogen-bond donors (Lipinski definition) is 0. The summed E-state index contributed by atoms with van der Waals surface area (Å²) in [6.07, 6.45) is 4.78. The van der Waals surface area contributed by atoms with Gasteiger partial charge in [0, 0.05) is 23.2 Å².